The van der Waals surface area contributed by atoms with Gasteiger partial charge in [-0.1, -0.05) is 0 Å². The van der Waals surface area contributed by atoms with Crippen molar-refractivity contribution in [2.75, 3.05) is 0 Å². The van der Waals surface area contributed by atoms with Crippen molar-refractivity contribution in [2.24, 2.45) is 5.10 Å². The number of nitro groups is 1. The van der Waals surface area contributed by atoms with Crippen molar-refractivity contribution in [3.8, 4) is 5.69 Å². The molecule has 0 radical (unpaired) electrons. The van der Waals surface area contributed by atoms with Crippen LogP contribution in [0.1, 0.15) is 26.6 Å². The van der Waals surface area contributed by atoms with Crippen molar-refractivity contribution in [2.45, 2.75) is 13.8 Å². The van der Waals surface area contributed by atoms with Crippen molar-refractivity contribution < 1.29 is 14.1 Å². The summed E-state index contributed by atoms with van der Waals surface area (Å²) in [5.74, 6) is -0.695. The largest absolute Gasteiger partial charge is 0.318 e. The maximum absolute atomic E-state index is 13.2. The Morgan fingerprint density at radius 2 is 1.90 bits per heavy atom. The van der Waals surface area contributed by atoms with Crippen LogP contribution in [0.4, 0.5) is 10.1 Å². The monoisotopic (exact) mass is 436 g/mol. The first-order valence-corrected chi connectivity index (χ1v) is 10.1. The molecule has 0 bridgehead atoms. The lowest BCUT2D eigenvalue weighted by Crippen LogP contribution is -2.16. The quantitative estimate of drug-likeness (QED) is 0.267. The first-order chi connectivity index (χ1) is 14.8. The van der Waals surface area contributed by atoms with E-state index in [2.05, 4.69) is 10.5 Å². The number of thiophene rings is 1. The summed E-state index contributed by atoms with van der Waals surface area (Å²) >= 11 is 1.24. The summed E-state index contributed by atoms with van der Waals surface area (Å²) < 4.78 is 16.0. The second kappa shape index (κ2) is 8.11. The van der Waals surface area contributed by atoms with Crippen molar-refractivity contribution in [3.63, 3.8) is 0 Å². The highest BCUT2D eigenvalue weighted by atomic mass is 32.1. The summed E-state index contributed by atoms with van der Waals surface area (Å²) in [4.78, 5) is 23.3. The van der Waals surface area contributed by atoms with E-state index in [4.69, 9.17) is 0 Å². The number of carbonyl (C=O) groups is 1. The SMILES string of the molecule is Cc1cc(C=NNC(=O)c2cc3cc([N+](=O)[O-])ccc3s2)c(C)n1-c1ccc(F)cc1. The van der Waals surface area contributed by atoms with Gasteiger partial charge in [0.1, 0.15) is 5.82 Å². The molecule has 4 rings (SSSR count). The van der Waals surface area contributed by atoms with Crippen molar-refractivity contribution in [1.29, 1.82) is 0 Å². The topological polar surface area (TPSA) is 89.5 Å². The van der Waals surface area contributed by atoms with Crippen LogP contribution in [0.15, 0.2) is 59.7 Å². The van der Waals surface area contributed by atoms with Crippen LogP contribution >= 0.6 is 11.3 Å². The normalized spacial score (nSPS) is 11.3. The molecule has 0 aliphatic carbocycles. The number of fused-ring (bicyclic) bond motifs is 1. The Hall–Kier alpha value is -3.85. The number of hydrogen-bond acceptors (Lipinski definition) is 5. The summed E-state index contributed by atoms with van der Waals surface area (Å²) in [6.45, 7) is 3.85. The average molecular weight is 436 g/mol. The molecule has 1 amide bonds. The second-order valence-corrected chi connectivity index (χ2v) is 8.01. The van der Waals surface area contributed by atoms with Gasteiger partial charge in [0.25, 0.3) is 11.6 Å². The lowest BCUT2D eigenvalue weighted by Gasteiger charge is -2.09. The average Bonchev–Trinajstić information content (AvgIpc) is 3.29. The Bertz CT molecular complexity index is 1340. The first-order valence-electron chi connectivity index (χ1n) is 9.30. The van der Waals surface area contributed by atoms with E-state index in [0.29, 0.717) is 10.3 Å². The van der Waals surface area contributed by atoms with Gasteiger partial charge in [-0.3, -0.25) is 14.9 Å². The zero-order valence-corrected chi connectivity index (χ0v) is 17.4. The molecule has 4 aromatic rings. The van der Waals surface area contributed by atoms with Crippen LogP contribution in [0.3, 0.4) is 0 Å². The van der Waals surface area contributed by atoms with E-state index in [0.717, 1.165) is 27.3 Å². The number of aromatic nitrogens is 1. The standard InChI is InChI=1S/C22H17FN4O3S/c1-13-9-16(14(2)26(13)18-5-3-17(23)4-6-18)12-24-25-22(28)21-11-15-10-19(27(29)30)7-8-20(15)31-21/h3-12H,1-2H3,(H,25,28). The van der Waals surface area contributed by atoms with Crippen LogP contribution in [0.25, 0.3) is 15.8 Å². The highest BCUT2D eigenvalue weighted by Gasteiger charge is 2.13. The van der Waals surface area contributed by atoms with Crippen molar-refractivity contribution in [1.82, 2.24) is 9.99 Å². The molecule has 31 heavy (non-hydrogen) atoms. The van der Waals surface area contributed by atoms with Gasteiger partial charge in [0, 0.05) is 44.9 Å². The van der Waals surface area contributed by atoms with Gasteiger partial charge in [0.15, 0.2) is 0 Å². The lowest BCUT2D eigenvalue weighted by atomic mass is 10.2. The molecule has 2 aromatic heterocycles. The van der Waals surface area contributed by atoms with Gasteiger partial charge in [0.2, 0.25) is 0 Å². The van der Waals surface area contributed by atoms with Crippen molar-refractivity contribution >= 4 is 39.2 Å². The minimum Gasteiger partial charge on any atom is -0.318 e. The zero-order chi connectivity index (χ0) is 22.1. The summed E-state index contributed by atoms with van der Waals surface area (Å²) in [5, 5.41) is 15.6. The van der Waals surface area contributed by atoms with E-state index < -0.39 is 10.8 Å². The number of nitrogens with zero attached hydrogens (tertiary/aromatic N) is 3. The van der Waals surface area contributed by atoms with Crippen molar-refractivity contribution in [3.05, 3.63) is 92.4 Å². The van der Waals surface area contributed by atoms with Crippen LogP contribution in [0.2, 0.25) is 0 Å². The van der Waals surface area contributed by atoms with E-state index in [-0.39, 0.29) is 11.5 Å². The number of carbonyl (C=O) groups excluding carboxylic acids is 1. The third-order valence-corrected chi connectivity index (χ3v) is 5.97. The van der Waals surface area contributed by atoms with Gasteiger partial charge >= 0.3 is 0 Å². The van der Waals surface area contributed by atoms with Gasteiger partial charge < -0.3 is 4.57 Å². The Morgan fingerprint density at radius 1 is 1.16 bits per heavy atom. The number of benzene rings is 2. The molecule has 0 atom stereocenters. The molecule has 0 fully saturated rings. The number of nitro benzene ring substituents is 1. The van der Waals surface area contributed by atoms with E-state index in [1.54, 1.807) is 30.5 Å². The Morgan fingerprint density at radius 3 is 2.61 bits per heavy atom. The highest BCUT2D eigenvalue weighted by molar-refractivity contribution is 7.20. The first kappa shape index (κ1) is 20.4. The minimum atomic E-state index is -0.469. The maximum Gasteiger partial charge on any atom is 0.281 e. The van der Waals surface area contributed by atoms with Crippen LogP contribution < -0.4 is 5.43 Å². The van der Waals surface area contributed by atoms with E-state index in [9.17, 15) is 19.3 Å². The number of hydrogen-bond donors (Lipinski definition) is 1. The molecule has 0 saturated carbocycles. The van der Waals surface area contributed by atoms with Gasteiger partial charge in [-0.25, -0.2) is 9.82 Å². The minimum absolute atomic E-state index is 0.0215. The Labute approximate surface area is 180 Å². The molecule has 1 N–H and O–H groups in total. The number of hydrazone groups is 1. The maximum atomic E-state index is 13.2. The summed E-state index contributed by atoms with van der Waals surface area (Å²) in [7, 11) is 0. The smallest absolute Gasteiger partial charge is 0.281 e. The fourth-order valence-electron chi connectivity index (χ4n) is 3.38. The van der Waals surface area contributed by atoms with Crippen LogP contribution in [-0.2, 0) is 0 Å². The third kappa shape index (κ3) is 4.08. The van der Waals surface area contributed by atoms with E-state index in [1.807, 2.05) is 24.5 Å². The lowest BCUT2D eigenvalue weighted by molar-refractivity contribution is -0.384. The summed E-state index contributed by atoms with van der Waals surface area (Å²) in [6.07, 6.45) is 1.55. The molecule has 7 nitrogen and oxygen atoms in total. The molecule has 0 unspecified atom stereocenters. The molecule has 2 heterocycles. The molecule has 0 aliphatic rings. The summed E-state index contributed by atoms with van der Waals surface area (Å²) in [6, 6.07) is 14.2. The molecule has 0 spiro atoms. The molecule has 9 heteroatoms. The van der Waals surface area contributed by atoms with Gasteiger partial charge in [-0.05, 0) is 56.3 Å². The highest BCUT2D eigenvalue weighted by Crippen LogP contribution is 2.29. The molecule has 0 aliphatic heterocycles. The fraction of sp³-hybridized carbons (Fsp3) is 0.0909. The van der Waals surface area contributed by atoms with Crippen LogP contribution in [0.5, 0.6) is 0 Å². The predicted molar refractivity (Wildman–Crippen MR) is 119 cm³/mol. The number of nitrogens with one attached hydrogen (secondary N) is 1. The fourth-order valence-corrected chi connectivity index (χ4v) is 4.31. The summed E-state index contributed by atoms with van der Waals surface area (Å²) in [5.41, 5.74) is 5.97. The van der Waals surface area contributed by atoms with E-state index in [1.165, 1.54) is 35.6 Å². The third-order valence-electron chi connectivity index (χ3n) is 4.86. The van der Waals surface area contributed by atoms with Gasteiger partial charge in [0.05, 0.1) is 16.0 Å². The van der Waals surface area contributed by atoms with Crippen LogP contribution in [0, 0.1) is 29.8 Å². The van der Waals surface area contributed by atoms with Crippen LogP contribution in [-0.4, -0.2) is 21.6 Å². The number of halogens is 1. The Balaban J connectivity index is 1.51. The number of rotatable bonds is 5. The molecular weight excluding hydrogens is 419 g/mol. The van der Waals surface area contributed by atoms with Gasteiger partial charge in [-0.15, -0.1) is 11.3 Å². The second-order valence-electron chi connectivity index (χ2n) is 6.93. The molecular formula is C22H17FN4O3S. The number of non-ortho nitro benzene ring substituents is 1. The molecule has 0 saturated heterocycles. The van der Waals surface area contributed by atoms with E-state index >= 15 is 0 Å². The predicted octanol–water partition coefficient (Wildman–Crippen LogP) is 5.12. The van der Waals surface area contributed by atoms with Gasteiger partial charge in [-0.2, -0.15) is 5.10 Å². The molecule has 2 aromatic carbocycles. The number of aryl methyl sites for hydroxylation is 1. The Kier molecular flexibility index (Phi) is 5.35. The zero-order valence-electron chi connectivity index (χ0n) is 16.6. The molecule has 156 valence electrons. The number of amides is 1.